The number of hydrogen-bond acceptors (Lipinski definition) is 2. The number of benzene rings is 1. The molecule has 2 N–H and O–H groups in total. The third-order valence-corrected chi connectivity index (χ3v) is 3.04. The minimum atomic E-state index is -0.997. The van der Waals surface area contributed by atoms with Crippen LogP contribution in [0.3, 0.4) is 0 Å². The number of carbonyl (C=O) groups is 2. The molecular formula is C12H14N2O3. The van der Waals surface area contributed by atoms with E-state index in [2.05, 4.69) is 5.32 Å². The Kier molecular flexibility index (Phi) is 2.99. The molecule has 1 aromatic carbocycles. The van der Waals surface area contributed by atoms with Gasteiger partial charge >= 0.3 is 12.0 Å². The summed E-state index contributed by atoms with van der Waals surface area (Å²) in [5, 5.41) is 11.5. The minimum absolute atomic E-state index is 0.335. The van der Waals surface area contributed by atoms with E-state index in [1.54, 1.807) is 7.05 Å². The second-order valence-corrected chi connectivity index (χ2v) is 4.13. The summed E-state index contributed by atoms with van der Waals surface area (Å²) in [7, 11) is 1.62. The van der Waals surface area contributed by atoms with E-state index in [-0.39, 0.29) is 12.1 Å². The van der Waals surface area contributed by atoms with Crippen molar-refractivity contribution in [3.05, 3.63) is 35.9 Å². The Morgan fingerprint density at radius 1 is 1.41 bits per heavy atom. The first-order chi connectivity index (χ1) is 8.09. The van der Waals surface area contributed by atoms with Crippen molar-refractivity contribution in [3.8, 4) is 0 Å². The molecule has 1 fully saturated rings. The van der Waals surface area contributed by atoms with Gasteiger partial charge in [0.2, 0.25) is 0 Å². The summed E-state index contributed by atoms with van der Waals surface area (Å²) in [5.74, 6) is -0.997. The molecule has 5 nitrogen and oxygen atoms in total. The number of rotatable bonds is 3. The summed E-state index contributed by atoms with van der Waals surface area (Å²) in [6, 6.07) is 8.03. The van der Waals surface area contributed by atoms with Crippen LogP contribution in [0.2, 0.25) is 0 Å². The van der Waals surface area contributed by atoms with Gasteiger partial charge in [0.15, 0.2) is 0 Å². The molecule has 1 aromatic rings. The number of urea groups is 1. The third-order valence-electron chi connectivity index (χ3n) is 3.04. The molecule has 1 aliphatic heterocycles. The highest BCUT2D eigenvalue weighted by atomic mass is 16.4. The van der Waals surface area contributed by atoms with Gasteiger partial charge in [0.1, 0.15) is 6.04 Å². The lowest BCUT2D eigenvalue weighted by Gasteiger charge is -2.20. The Labute approximate surface area is 99.0 Å². The molecule has 1 aliphatic rings. The highest BCUT2D eigenvalue weighted by Gasteiger charge is 2.41. The monoisotopic (exact) mass is 234 g/mol. The lowest BCUT2D eigenvalue weighted by atomic mass is 10.0. The highest BCUT2D eigenvalue weighted by molar-refractivity contribution is 5.87. The van der Waals surface area contributed by atoms with Crippen molar-refractivity contribution in [2.75, 3.05) is 7.05 Å². The molecule has 5 heteroatoms. The van der Waals surface area contributed by atoms with Crippen molar-refractivity contribution < 1.29 is 14.7 Å². The van der Waals surface area contributed by atoms with Crippen molar-refractivity contribution in [2.24, 2.45) is 0 Å². The Hall–Kier alpha value is -2.04. The quantitative estimate of drug-likeness (QED) is 0.809. The van der Waals surface area contributed by atoms with Gasteiger partial charge in [-0.15, -0.1) is 0 Å². The van der Waals surface area contributed by atoms with Crippen molar-refractivity contribution in [3.63, 3.8) is 0 Å². The zero-order chi connectivity index (χ0) is 12.4. The standard InChI is InChI=1S/C12H14N2O3/c1-14-9(7-8-5-3-2-4-6-8)10(11(15)16)13-12(14)17/h2-6,9-10H,7H2,1H3,(H,13,17)(H,15,16). The van der Waals surface area contributed by atoms with Gasteiger partial charge in [-0.2, -0.15) is 0 Å². The van der Waals surface area contributed by atoms with Crippen LogP contribution < -0.4 is 5.32 Å². The molecule has 0 aromatic heterocycles. The predicted octanol–water partition coefficient (Wildman–Crippen LogP) is 0.706. The van der Waals surface area contributed by atoms with Crippen LogP contribution in [0.5, 0.6) is 0 Å². The summed E-state index contributed by atoms with van der Waals surface area (Å²) < 4.78 is 0. The molecule has 90 valence electrons. The SMILES string of the molecule is CN1C(=O)NC(C(=O)O)C1Cc1ccccc1. The molecule has 0 bridgehead atoms. The molecule has 0 spiro atoms. The fourth-order valence-corrected chi connectivity index (χ4v) is 2.04. The summed E-state index contributed by atoms with van der Waals surface area (Å²) in [6.07, 6.45) is 0.535. The fourth-order valence-electron chi connectivity index (χ4n) is 2.04. The summed E-state index contributed by atoms with van der Waals surface area (Å²) in [5.41, 5.74) is 1.02. The van der Waals surface area contributed by atoms with E-state index in [0.717, 1.165) is 5.56 Å². The zero-order valence-electron chi connectivity index (χ0n) is 9.46. The number of likely N-dealkylation sites (N-methyl/N-ethyl adjacent to an activating group) is 1. The maximum absolute atomic E-state index is 11.4. The summed E-state index contributed by atoms with van der Waals surface area (Å²) in [6.45, 7) is 0. The second-order valence-electron chi connectivity index (χ2n) is 4.13. The van der Waals surface area contributed by atoms with Gasteiger partial charge in [0.05, 0.1) is 6.04 Å². The minimum Gasteiger partial charge on any atom is -0.480 e. The highest BCUT2D eigenvalue weighted by Crippen LogP contribution is 2.17. The first-order valence-corrected chi connectivity index (χ1v) is 5.39. The first-order valence-electron chi connectivity index (χ1n) is 5.39. The maximum atomic E-state index is 11.4. The van der Waals surface area contributed by atoms with E-state index in [0.29, 0.717) is 6.42 Å². The largest absolute Gasteiger partial charge is 0.480 e. The smallest absolute Gasteiger partial charge is 0.328 e. The number of aliphatic carboxylic acids is 1. The van der Waals surface area contributed by atoms with Crippen LogP contribution in [0.1, 0.15) is 5.56 Å². The van der Waals surface area contributed by atoms with Gasteiger partial charge in [0, 0.05) is 7.05 Å². The second kappa shape index (κ2) is 4.45. The van der Waals surface area contributed by atoms with E-state index >= 15 is 0 Å². The average Bonchev–Trinajstić information content (AvgIpc) is 2.59. The lowest BCUT2D eigenvalue weighted by Crippen LogP contribution is -2.42. The summed E-state index contributed by atoms with van der Waals surface area (Å²) >= 11 is 0. The number of nitrogens with zero attached hydrogens (tertiary/aromatic N) is 1. The van der Waals surface area contributed by atoms with E-state index in [9.17, 15) is 9.59 Å². The lowest BCUT2D eigenvalue weighted by molar-refractivity contribution is -0.139. The molecule has 2 atom stereocenters. The molecule has 1 heterocycles. The molecule has 0 radical (unpaired) electrons. The zero-order valence-corrected chi connectivity index (χ0v) is 9.46. The van der Waals surface area contributed by atoms with Crippen molar-refractivity contribution in [1.82, 2.24) is 10.2 Å². The maximum Gasteiger partial charge on any atom is 0.328 e. The number of carboxylic acid groups (broad SMARTS) is 1. The molecule has 0 saturated carbocycles. The van der Waals surface area contributed by atoms with Crippen LogP contribution in [0.25, 0.3) is 0 Å². The number of hydrogen-bond donors (Lipinski definition) is 2. The molecule has 1 saturated heterocycles. The van der Waals surface area contributed by atoms with E-state index in [4.69, 9.17) is 5.11 Å². The van der Waals surface area contributed by atoms with Gasteiger partial charge in [0.25, 0.3) is 0 Å². The van der Waals surface area contributed by atoms with Crippen LogP contribution in [-0.2, 0) is 11.2 Å². The van der Waals surface area contributed by atoms with Gasteiger partial charge in [-0.1, -0.05) is 30.3 Å². The first kappa shape index (κ1) is 11.4. The Bertz CT molecular complexity index is 433. The van der Waals surface area contributed by atoms with Crippen molar-refractivity contribution in [1.29, 1.82) is 0 Å². The normalized spacial score (nSPS) is 23.6. The van der Waals surface area contributed by atoms with E-state index in [1.165, 1.54) is 4.90 Å². The number of nitrogens with one attached hydrogen (secondary N) is 1. The van der Waals surface area contributed by atoms with E-state index in [1.807, 2.05) is 30.3 Å². The fraction of sp³-hybridized carbons (Fsp3) is 0.333. The average molecular weight is 234 g/mol. The van der Waals surface area contributed by atoms with Gasteiger partial charge in [-0.25, -0.2) is 9.59 Å². The molecule has 2 amide bonds. The molecular weight excluding hydrogens is 220 g/mol. The Morgan fingerprint density at radius 2 is 2.06 bits per heavy atom. The number of carboxylic acids is 1. The predicted molar refractivity (Wildman–Crippen MR) is 61.7 cm³/mol. The number of amides is 2. The molecule has 2 rings (SSSR count). The Morgan fingerprint density at radius 3 is 2.65 bits per heavy atom. The molecule has 17 heavy (non-hydrogen) atoms. The van der Waals surface area contributed by atoms with Crippen LogP contribution >= 0.6 is 0 Å². The van der Waals surface area contributed by atoms with Crippen molar-refractivity contribution in [2.45, 2.75) is 18.5 Å². The molecule has 2 unspecified atom stereocenters. The summed E-state index contributed by atoms with van der Waals surface area (Å²) in [4.78, 5) is 23.9. The third kappa shape index (κ3) is 2.22. The van der Waals surface area contributed by atoms with Gasteiger partial charge in [-0.3, -0.25) is 0 Å². The van der Waals surface area contributed by atoms with Gasteiger partial charge < -0.3 is 15.3 Å². The molecule has 0 aliphatic carbocycles. The van der Waals surface area contributed by atoms with Crippen LogP contribution in [0.4, 0.5) is 4.79 Å². The van der Waals surface area contributed by atoms with Crippen molar-refractivity contribution >= 4 is 12.0 Å². The van der Waals surface area contributed by atoms with Crippen LogP contribution in [0, 0.1) is 0 Å². The van der Waals surface area contributed by atoms with Gasteiger partial charge in [-0.05, 0) is 12.0 Å². The van der Waals surface area contributed by atoms with Crippen LogP contribution in [-0.4, -0.2) is 41.1 Å². The van der Waals surface area contributed by atoms with Crippen LogP contribution in [0.15, 0.2) is 30.3 Å². The topological polar surface area (TPSA) is 69.6 Å². The number of carbonyl (C=O) groups excluding carboxylic acids is 1. The Balaban J connectivity index is 2.18. The van der Waals surface area contributed by atoms with E-state index < -0.39 is 12.0 Å².